The van der Waals surface area contributed by atoms with Gasteiger partial charge in [0.2, 0.25) is 0 Å². The van der Waals surface area contributed by atoms with Gasteiger partial charge in [-0.15, -0.1) is 12.8 Å². The van der Waals surface area contributed by atoms with Crippen LogP contribution in [-0.2, 0) is 25.7 Å². The van der Waals surface area contributed by atoms with E-state index in [1.807, 2.05) is 0 Å². The molecule has 1 atom stereocenters. The molecule has 0 bridgehead atoms. The maximum atomic E-state index is 4.19. The van der Waals surface area contributed by atoms with Crippen molar-refractivity contribution in [2.45, 2.75) is 71.6 Å². The Kier molecular flexibility index (Phi) is 8.75. The summed E-state index contributed by atoms with van der Waals surface area (Å²) in [6.45, 7) is 6.79. The van der Waals surface area contributed by atoms with Crippen molar-refractivity contribution in [1.82, 2.24) is 0 Å². The van der Waals surface area contributed by atoms with E-state index in [4.69, 9.17) is 0 Å². The standard InChI is InChI=1S/C37H38.H3NS/c1-4-7-9-27-13-21-34-30(23-27)17-19-32-24-31-18-16-29-22-25(6-3)12-20-33(29)35(31)37(36(32)34)28-14-10-26(8-5-2)11-15-28;1-2/h10-23,37H,4-9,24H2,1-3H3;2H,1H2. The zero-order valence-corrected chi connectivity index (χ0v) is 24.5. The van der Waals surface area contributed by atoms with Crippen LogP contribution in [0.25, 0.3) is 21.5 Å². The molecule has 5 aromatic carbocycles. The predicted octanol–water partition coefficient (Wildman–Crippen LogP) is 9.72. The zero-order valence-electron chi connectivity index (χ0n) is 23.6. The number of rotatable bonds is 7. The number of unbranched alkanes of at least 4 members (excludes halogenated alkanes) is 1. The summed E-state index contributed by atoms with van der Waals surface area (Å²) in [5, 5.41) is 9.79. The Bertz CT molecular complexity index is 1580. The van der Waals surface area contributed by atoms with E-state index in [2.05, 4.69) is 124 Å². The first kappa shape index (κ1) is 27.5. The summed E-state index contributed by atoms with van der Waals surface area (Å²) in [7, 11) is 0. The summed E-state index contributed by atoms with van der Waals surface area (Å²) < 4.78 is 0. The van der Waals surface area contributed by atoms with E-state index in [0.717, 1.165) is 19.3 Å². The van der Waals surface area contributed by atoms with E-state index in [9.17, 15) is 0 Å². The molecule has 2 heteroatoms. The highest BCUT2D eigenvalue weighted by molar-refractivity contribution is 7.77. The summed E-state index contributed by atoms with van der Waals surface area (Å²) in [6, 6.07) is 33.4. The van der Waals surface area contributed by atoms with Crippen LogP contribution >= 0.6 is 12.8 Å². The minimum absolute atomic E-state index is 0.246. The highest BCUT2D eigenvalue weighted by atomic mass is 32.1. The average Bonchev–Trinajstić information content (AvgIpc) is 2.99. The largest absolute Gasteiger partial charge is 0.281 e. The molecule has 1 aliphatic rings. The first-order valence-electron chi connectivity index (χ1n) is 14.6. The third kappa shape index (κ3) is 5.38. The zero-order chi connectivity index (χ0) is 27.4. The van der Waals surface area contributed by atoms with Crippen LogP contribution in [0.15, 0.2) is 84.9 Å². The molecule has 6 rings (SSSR count). The van der Waals surface area contributed by atoms with Crippen LogP contribution in [0.2, 0.25) is 0 Å². The third-order valence-corrected chi connectivity index (χ3v) is 8.47. The molecular formula is C37H41NS. The van der Waals surface area contributed by atoms with Crippen LogP contribution < -0.4 is 5.14 Å². The summed E-state index contributed by atoms with van der Waals surface area (Å²) >= 11 is 3.03. The first-order valence-corrected chi connectivity index (χ1v) is 15.1. The molecule has 39 heavy (non-hydrogen) atoms. The fraction of sp³-hybridized carbons (Fsp3) is 0.297. The number of benzene rings is 5. The van der Waals surface area contributed by atoms with E-state index in [-0.39, 0.29) is 5.92 Å². The monoisotopic (exact) mass is 531 g/mol. The van der Waals surface area contributed by atoms with Crippen molar-refractivity contribution in [2.24, 2.45) is 5.14 Å². The molecule has 1 nitrogen and oxygen atoms in total. The molecule has 0 aliphatic heterocycles. The number of thiol groups is 1. The van der Waals surface area contributed by atoms with Crippen LogP contribution in [0.1, 0.15) is 90.5 Å². The molecule has 200 valence electrons. The highest BCUT2D eigenvalue weighted by Gasteiger charge is 2.30. The van der Waals surface area contributed by atoms with Crippen LogP contribution in [0.3, 0.4) is 0 Å². The lowest BCUT2D eigenvalue weighted by atomic mass is 9.71. The van der Waals surface area contributed by atoms with Crippen LogP contribution in [0.4, 0.5) is 0 Å². The Morgan fingerprint density at radius 2 is 1.18 bits per heavy atom. The van der Waals surface area contributed by atoms with Gasteiger partial charge in [-0.3, -0.25) is 5.14 Å². The first-order chi connectivity index (χ1) is 19.2. The quantitative estimate of drug-likeness (QED) is 0.197. The smallest absolute Gasteiger partial charge is 0.0357 e. The van der Waals surface area contributed by atoms with Crippen molar-refractivity contribution in [3.05, 3.63) is 129 Å². The Morgan fingerprint density at radius 3 is 1.74 bits per heavy atom. The van der Waals surface area contributed by atoms with Gasteiger partial charge in [-0.2, -0.15) is 0 Å². The number of hydrogen-bond donors (Lipinski definition) is 2. The Balaban J connectivity index is 0.00000151. The number of nitrogens with two attached hydrogens (primary N) is 1. The van der Waals surface area contributed by atoms with Crippen molar-refractivity contribution >= 4 is 34.4 Å². The van der Waals surface area contributed by atoms with Crippen LogP contribution in [0.5, 0.6) is 0 Å². The summed E-state index contributed by atoms with van der Waals surface area (Å²) in [6.07, 6.45) is 8.06. The second-order valence-corrected chi connectivity index (χ2v) is 10.9. The molecule has 0 fully saturated rings. The normalized spacial score (nSPS) is 14.0. The molecule has 0 radical (unpaired) electrons. The van der Waals surface area contributed by atoms with Gasteiger partial charge in [0.25, 0.3) is 0 Å². The van der Waals surface area contributed by atoms with Gasteiger partial charge in [-0.05, 0) is 98.2 Å². The van der Waals surface area contributed by atoms with Gasteiger partial charge in [-0.1, -0.05) is 119 Å². The van der Waals surface area contributed by atoms with E-state index < -0.39 is 0 Å². The SMILES string of the molecule is CCCCc1ccc2c3c(ccc2c1)Cc1ccc2cc(CC)ccc2c1C3c1ccc(CCC)cc1.NS. The Morgan fingerprint density at radius 1 is 0.615 bits per heavy atom. The van der Waals surface area contributed by atoms with E-state index in [0.29, 0.717) is 0 Å². The molecule has 0 saturated heterocycles. The van der Waals surface area contributed by atoms with Gasteiger partial charge in [0.05, 0.1) is 0 Å². The minimum atomic E-state index is 0.246. The van der Waals surface area contributed by atoms with Crippen molar-refractivity contribution in [2.75, 3.05) is 0 Å². The number of aryl methyl sites for hydroxylation is 3. The minimum Gasteiger partial charge on any atom is -0.281 e. The van der Waals surface area contributed by atoms with Gasteiger partial charge >= 0.3 is 0 Å². The third-order valence-electron chi connectivity index (χ3n) is 8.47. The molecule has 2 N–H and O–H groups in total. The fourth-order valence-corrected chi connectivity index (χ4v) is 6.49. The Hall–Kier alpha value is -3.07. The van der Waals surface area contributed by atoms with Gasteiger partial charge in [-0.25, -0.2) is 0 Å². The lowest BCUT2D eigenvalue weighted by molar-refractivity contribution is 0.796. The van der Waals surface area contributed by atoms with Gasteiger partial charge < -0.3 is 0 Å². The van der Waals surface area contributed by atoms with Crippen molar-refractivity contribution in [3.63, 3.8) is 0 Å². The molecule has 0 heterocycles. The molecule has 0 amide bonds. The maximum Gasteiger partial charge on any atom is 0.0357 e. The van der Waals surface area contributed by atoms with E-state index in [1.54, 1.807) is 0 Å². The van der Waals surface area contributed by atoms with Crippen LogP contribution in [-0.4, -0.2) is 0 Å². The summed E-state index contributed by atoms with van der Waals surface area (Å²) in [5.41, 5.74) is 11.7. The summed E-state index contributed by atoms with van der Waals surface area (Å²) in [4.78, 5) is 0. The van der Waals surface area contributed by atoms with E-state index >= 15 is 0 Å². The number of fused-ring (bicyclic) bond motifs is 6. The molecule has 5 aromatic rings. The molecule has 1 unspecified atom stereocenters. The fourth-order valence-electron chi connectivity index (χ4n) is 6.49. The molecule has 0 saturated carbocycles. The molecule has 1 aliphatic carbocycles. The number of hydrogen-bond acceptors (Lipinski definition) is 2. The van der Waals surface area contributed by atoms with Crippen molar-refractivity contribution in [1.29, 1.82) is 0 Å². The lowest BCUT2D eigenvalue weighted by Crippen LogP contribution is -2.16. The second-order valence-electron chi connectivity index (χ2n) is 10.9. The Labute approximate surface area is 240 Å². The summed E-state index contributed by atoms with van der Waals surface area (Å²) in [5.74, 6) is 0.246. The molecular weight excluding hydrogens is 490 g/mol. The van der Waals surface area contributed by atoms with Gasteiger partial charge in [0.1, 0.15) is 0 Å². The molecule has 0 spiro atoms. The maximum absolute atomic E-state index is 4.19. The second kappa shape index (κ2) is 12.4. The van der Waals surface area contributed by atoms with Gasteiger partial charge in [0, 0.05) is 5.92 Å². The van der Waals surface area contributed by atoms with Crippen molar-refractivity contribution < 1.29 is 0 Å². The predicted molar refractivity (Wildman–Crippen MR) is 173 cm³/mol. The van der Waals surface area contributed by atoms with Gasteiger partial charge in [0.15, 0.2) is 0 Å². The lowest BCUT2D eigenvalue weighted by Gasteiger charge is -2.32. The topological polar surface area (TPSA) is 26.0 Å². The van der Waals surface area contributed by atoms with Crippen LogP contribution in [0, 0.1) is 0 Å². The molecule has 0 aromatic heterocycles. The van der Waals surface area contributed by atoms with E-state index in [1.165, 1.54) is 91.7 Å². The van der Waals surface area contributed by atoms with Crippen molar-refractivity contribution in [3.8, 4) is 0 Å². The highest BCUT2D eigenvalue weighted by Crippen LogP contribution is 2.47. The average molecular weight is 532 g/mol.